The van der Waals surface area contributed by atoms with Gasteiger partial charge in [-0.15, -0.1) is 24.8 Å². The summed E-state index contributed by atoms with van der Waals surface area (Å²) in [7, 11) is 0. The predicted octanol–water partition coefficient (Wildman–Crippen LogP) is 3.25. The van der Waals surface area contributed by atoms with Crippen molar-refractivity contribution in [2.45, 2.75) is 44.3 Å². The number of amides is 2. The molecule has 37 heavy (non-hydrogen) atoms. The van der Waals surface area contributed by atoms with Gasteiger partial charge in [0.15, 0.2) is 0 Å². The number of hydrogen-bond donors (Lipinski definition) is 4. The molecular formula is C26H31Cl2N7O2. The fourth-order valence-corrected chi connectivity index (χ4v) is 4.61. The summed E-state index contributed by atoms with van der Waals surface area (Å²) in [5, 5.41) is 14.4. The van der Waals surface area contributed by atoms with Crippen LogP contribution < -0.4 is 16.0 Å². The Bertz CT molecular complexity index is 1290. The van der Waals surface area contributed by atoms with Crippen molar-refractivity contribution in [3.63, 3.8) is 0 Å². The molecule has 1 fully saturated rings. The molecule has 4 N–H and O–H groups in total. The minimum Gasteiger partial charge on any atom is -0.357 e. The van der Waals surface area contributed by atoms with Crippen LogP contribution >= 0.6 is 24.8 Å². The van der Waals surface area contributed by atoms with Crippen LogP contribution in [0.4, 0.5) is 0 Å². The second kappa shape index (κ2) is 12.7. The number of H-pyrrole nitrogens is 1. The fourth-order valence-electron chi connectivity index (χ4n) is 4.61. The van der Waals surface area contributed by atoms with E-state index in [0.717, 1.165) is 35.2 Å². The Morgan fingerprint density at radius 2 is 2.03 bits per heavy atom. The number of hydrogen-bond acceptors (Lipinski definition) is 5. The van der Waals surface area contributed by atoms with Gasteiger partial charge in [-0.05, 0) is 68.1 Å². The molecule has 1 aliphatic heterocycles. The number of piperidine rings is 1. The standard InChI is InChI=1S/C26H29N7O2.2ClH/c1-17(25(34)29-16-21-12-20-15-27-9-7-23(20)32-21)31-26(35)24-14-19(6-10-28-24)18-4-2-5-22(13-18)33-11-3-8-30-33;;/h2-5,7-9,11-13,15,17,19,24,28,32H,6,10,14,16H2,1H3,(H,29,34)(H,31,35);2*1H/t17-,19-,24+;;/m0../s1. The lowest BCUT2D eigenvalue weighted by molar-refractivity contribution is -0.130. The minimum absolute atomic E-state index is 0. The number of pyridine rings is 1. The summed E-state index contributed by atoms with van der Waals surface area (Å²) in [5.74, 6) is -0.130. The van der Waals surface area contributed by atoms with Crippen LogP contribution in [0.25, 0.3) is 16.6 Å². The smallest absolute Gasteiger partial charge is 0.242 e. The van der Waals surface area contributed by atoms with Crippen molar-refractivity contribution < 1.29 is 9.59 Å². The number of carbonyl (C=O) groups is 2. The Labute approximate surface area is 227 Å². The first-order valence-corrected chi connectivity index (χ1v) is 11.9. The number of aromatic amines is 1. The van der Waals surface area contributed by atoms with Crippen LogP contribution in [-0.4, -0.2) is 50.2 Å². The second-order valence-electron chi connectivity index (χ2n) is 8.98. The van der Waals surface area contributed by atoms with Crippen LogP contribution in [0.15, 0.2) is 67.3 Å². The van der Waals surface area contributed by atoms with E-state index >= 15 is 0 Å². The first-order valence-electron chi connectivity index (χ1n) is 11.9. The predicted molar refractivity (Wildman–Crippen MR) is 147 cm³/mol. The zero-order valence-corrected chi connectivity index (χ0v) is 22.0. The highest BCUT2D eigenvalue weighted by Gasteiger charge is 2.29. The molecule has 1 aromatic carbocycles. The number of halogens is 2. The van der Waals surface area contributed by atoms with E-state index in [4.69, 9.17) is 0 Å². The van der Waals surface area contributed by atoms with Crippen LogP contribution in [0.3, 0.4) is 0 Å². The molecule has 11 heteroatoms. The monoisotopic (exact) mass is 543 g/mol. The highest BCUT2D eigenvalue weighted by molar-refractivity contribution is 5.89. The van der Waals surface area contributed by atoms with Gasteiger partial charge in [0.1, 0.15) is 6.04 Å². The molecule has 3 aromatic heterocycles. The highest BCUT2D eigenvalue weighted by atomic mass is 35.5. The van der Waals surface area contributed by atoms with Crippen molar-refractivity contribution >= 4 is 47.5 Å². The van der Waals surface area contributed by atoms with Crippen molar-refractivity contribution in [2.24, 2.45) is 0 Å². The van der Waals surface area contributed by atoms with Crippen molar-refractivity contribution in [2.75, 3.05) is 6.54 Å². The summed E-state index contributed by atoms with van der Waals surface area (Å²) in [4.78, 5) is 32.9. The summed E-state index contributed by atoms with van der Waals surface area (Å²) >= 11 is 0. The maximum Gasteiger partial charge on any atom is 0.242 e. The maximum atomic E-state index is 13.0. The molecule has 9 nitrogen and oxygen atoms in total. The Morgan fingerprint density at radius 3 is 2.81 bits per heavy atom. The lowest BCUT2D eigenvalue weighted by Crippen LogP contribution is -2.53. The highest BCUT2D eigenvalue weighted by Crippen LogP contribution is 2.29. The Kier molecular flexibility index (Phi) is 9.68. The van der Waals surface area contributed by atoms with E-state index in [1.165, 1.54) is 5.56 Å². The van der Waals surface area contributed by atoms with Gasteiger partial charge in [0.2, 0.25) is 11.8 Å². The Morgan fingerprint density at radius 1 is 1.16 bits per heavy atom. The van der Waals surface area contributed by atoms with E-state index in [9.17, 15) is 9.59 Å². The molecule has 0 unspecified atom stereocenters. The molecular weight excluding hydrogens is 513 g/mol. The van der Waals surface area contributed by atoms with E-state index in [1.54, 1.807) is 25.5 Å². The summed E-state index contributed by atoms with van der Waals surface area (Å²) in [6, 6.07) is 13.0. The fraction of sp³-hybridized carbons (Fsp3) is 0.308. The van der Waals surface area contributed by atoms with E-state index in [2.05, 4.69) is 43.1 Å². The van der Waals surface area contributed by atoms with Gasteiger partial charge in [-0.3, -0.25) is 14.6 Å². The summed E-state index contributed by atoms with van der Waals surface area (Å²) in [5.41, 5.74) is 4.05. The molecule has 5 rings (SSSR count). The van der Waals surface area contributed by atoms with Crippen LogP contribution in [0.1, 0.15) is 36.9 Å². The van der Waals surface area contributed by atoms with Gasteiger partial charge in [-0.25, -0.2) is 4.68 Å². The first kappa shape index (κ1) is 28.2. The number of nitrogens with one attached hydrogen (secondary N) is 4. The third-order valence-corrected chi connectivity index (χ3v) is 6.51. The number of rotatable bonds is 7. The number of nitrogens with zero attached hydrogens (tertiary/aromatic N) is 3. The maximum absolute atomic E-state index is 13.0. The van der Waals surface area contributed by atoms with Crippen molar-refractivity contribution in [3.8, 4) is 5.69 Å². The zero-order valence-electron chi connectivity index (χ0n) is 20.4. The molecule has 1 aliphatic rings. The van der Waals surface area contributed by atoms with Gasteiger partial charge in [-0.1, -0.05) is 12.1 Å². The van der Waals surface area contributed by atoms with Crippen LogP contribution in [0.2, 0.25) is 0 Å². The molecule has 0 bridgehead atoms. The van der Waals surface area contributed by atoms with Gasteiger partial charge in [0.25, 0.3) is 0 Å². The summed E-state index contributed by atoms with van der Waals surface area (Å²) in [6.07, 6.45) is 8.79. The summed E-state index contributed by atoms with van der Waals surface area (Å²) in [6.45, 7) is 2.80. The molecule has 3 atom stereocenters. The van der Waals surface area contributed by atoms with E-state index in [-0.39, 0.29) is 48.6 Å². The van der Waals surface area contributed by atoms with Gasteiger partial charge >= 0.3 is 0 Å². The third kappa shape index (κ3) is 6.68. The van der Waals surface area contributed by atoms with Crippen molar-refractivity contribution in [3.05, 3.63) is 78.5 Å². The van der Waals surface area contributed by atoms with Gasteiger partial charge in [0.05, 0.1) is 18.3 Å². The average Bonchev–Trinajstić information content (AvgIpc) is 3.57. The number of aromatic nitrogens is 4. The molecule has 196 valence electrons. The van der Waals surface area contributed by atoms with Gasteiger partial charge in [-0.2, -0.15) is 5.10 Å². The Hall–Kier alpha value is -3.40. The second-order valence-corrected chi connectivity index (χ2v) is 8.98. The number of benzene rings is 1. The number of fused-ring (bicyclic) bond motifs is 1. The molecule has 4 heterocycles. The lowest BCUT2D eigenvalue weighted by Gasteiger charge is -2.30. The minimum atomic E-state index is -0.640. The van der Waals surface area contributed by atoms with Gasteiger partial charge in [0, 0.05) is 41.4 Å². The molecule has 1 saturated heterocycles. The molecule has 0 radical (unpaired) electrons. The molecule has 0 spiro atoms. The zero-order chi connectivity index (χ0) is 24.2. The van der Waals surface area contributed by atoms with Crippen LogP contribution in [-0.2, 0) is 16.1 Å². The Balaban J connectivity index is 0.00000190. The first-order chi connectivity index (χ1) is 17.1. The van der Waals surface area contributed by atoms with Crippen LogP contribution in [0.5, 0.6) is 0 Å². The topological polar surface area (TPSA) is 117 Å². The molecule has 4 aromatic rings. The normalized spacial score (nSPS) is 17.8. The largest absolute Gasteiger partial charge is 0.357 e. The van der Waals surface area contributed by atoms with Crippen molar-refractivity contribution in [1.29, 1.82) is 0 Å². The van der Waals surface area contributed by atoms with E-state index in [0.29, 0.717) is 13.0 Å². The molecule has 2 amide bonds. The third-order valence-electron chi connectivity index (χ3n) is 6.51. The average molecular weight is 544 g/mol. The van der Waals surface area contributed by atoms with E-state index < -0.39 is 6.04 Å². The van der Waals surface area contributed by atoms with Crippen LogP contribution in [0, 0.1) is 0 Å². The quantitative estimate of drug-likeness (QED) is 0.285. The summed E-state index contributed by atoms with van der Waals surface area (Å²) < 4.78 is 1.84. The van der Waals surface area contributed by atoms with E-state index in [1.807, 2.05) is 41.2 Å². The SMILES string of the molecule is C[C@H](NC(=O)[C@H]1C[C@@H](c2cccc(-n3cccn3)c2)CCN1)C(=O)NCc1cc2cnccc2[nH]1.Cl.Cl. The molecule has 0 aliphatic carbocycles. The lowest BCUT2D eigenvalue weighted by atomic mass is 9.86. The van der Waals surface area contributed by atoms with Gasteiger partial charge < -0.3 is 20.9 Å². The van der Waals surface area contributed by atoms with Crippen molar-refractivity contribution in [1.82, 2.24) is 35.7 Å². The number of carbonyl (C=O) groups excluding carboxylic acids is 2. The molecule has 0 saturated carbocycles.